The van der Waals surface area contributed by atoms with E-state index in [0.717, 1.165) is 26.2 Å². The summed E-state index contributed by atoms with van der Waals surface area (Å²) in [6.07, 6.45) is 4.67. The molecular weight excluding hydrogens is 326 g/mol. The van der Waals surface area contributed by atoms with E-state index in [4.69, 9.17) is 0 Å². The van der Waals surface area contributed by atoms with Gasteiger partial charge in [0.1, 0.15) is 24.7 Å². The third-order valence-corrected chi connectivity index (χ3v) is 4.15. The van der Waals surface area contributed by atoms with E-state index >= 15 is 0 Å². The number of H-pyrrole nitrogens is 1. The molecule has 12 heteroatoms. The lowest BCUT2D eigenvalue weighted by atomic mass is 10.2. The lowest BCUT2D eigenvalue weighted by Crippen LogP contribution is -2.49. The van der Waals surface area contributed by atoms with Gasteiger partial charge in [-0.05, 0) is 10.4 Å². The fourth-order valence-electron chi connectivity index (χ4n) is 2.74. The molecule has 0 saturated carbocycles. The van der Waals surface area contributed by atoms with Crippen LogP contribution in [0.1, 0.15) is 10.5 Å². The van der Waals surface area contributed by atoms with Gasteiger partial charge in [-0.25, -0.2) is 4.98 Å². The Morgan fingerprint density at radius 2 is 2.04 bits per heavy atom. The molecule has 25 heavy (non-hydrogen) atoms. The number of carbonyl (C=O) groups excluding carboxylic acids is 1. The Labute approximate surface area is 142 Å². The van der Waals surface area contributed by atoms with Gasteiger partial charge in [-0.3, -0.25) is 19.5 Å². The number of rotatable bonds is 5. The number of hydrogen-bond acceptors (Lipinski definition) is 8. The van der Waals surface area contributed by atoms with E-state index in [2.05, 4.69) is 40.7 Å². The minimum atomic E-state index is -0.0669. The highest BCUT2D eigenvalue weighted by atomic mass is 16.2. The van der Waals surface area contributed by atoms with Crippen molar-refractivity contribution in [3.8, 4) is 5.82 Å². The maximum absolute atomic E-state index is 12.6. The second kappa shape index (κ2) is 6.76. The normalized spacial score (nSPS) is 15.6. The number of hydrogen-bond donors (Lipinski definition) is 1. The predicted octanol–water partition coefficient (Wildman–Crippen LogP) is -1.57. The van der Waals surface area contributed by atoms with E-state index in [0.29, 0.717) is 24.6 Å². The summed E-state index contributed by atoms with van der Waals surface area (Å²) >= 11 is 0. The van der Waals surface area contributed by atoms with E-state index in [9.17, 15) is 4.79 Å². The van der Waals surface area contributed by atoms with Gasteiger partial charge in [0.15, 0.2) is 5.82 Å². The van der Waals surface area contributed by atoms with Crippen molar-refractivity contribution in [2.75, 3.05) is 32.7 Å². The number of aromatic nitrogens is 9. The van der Waals surface area contributed by atoms with Crippen molar-refractivity contribution < 1.29 is 4.79 Å². The van der Waals surface area contributed by atoms with Crippen LogP contribution < -0.4 is 0 Å². The van der Waals surface area contributed by atoms with Gasteiger partial charge >= 0.3 is 0 Å². The molecule has 1 saturated heterocycles. The van der Waals surface area contributed by atoms with E-state index in [1.807, 2.05) is 9.58 Å². The maximum Gasteiger partial charge on any atom is 0.272 e. The molecule has 3 aromatic rings. The molecule has 0 aromatic carbocycles. The van der Waals surface area contributed by atoms with Crippen LogP contribution in [0.5, 0.6) is 0 Å². The third kappa shape index (κ3) is 3.38. The van der Waals surface area contributed by atoms with Crippen molar-refractivity contribution in [3.63, 3.8) is 0 Å². The average molecular weight is 343 g/mol. The average Bonchev–Trinajstić information content (AvgIpc) is 3.42. The monoisotopic (exact) mass is 343 g/mol. The number of piperazine rings is 1. The Balaban J connectivity index is 1.30. The number of nitrogens with zero attached hydrogens (tertiary/aromatic N) is 10. The van der Waals surface area contributed by atoms with Crippen LogP contribution in [0.3, 0.4) is 0 Å². The second-order valence-corrected chi connectivity index (χ2v) is 5.69. The topological polar surface area (TPSA) is 127 Å². The summed E-state index contributed by atoms with van der Waals surface area (Å²) in [5.74, 6) is 0.419. The van der Waals surface area contributed by atoms with Crippen LogP contribution in [0, 0.1) is 0 Å². The van der Waals surface area contributed by atoms with Gasteiger partial charge in [0.25, 0.3) is 5.91 Å². The summed E-state index contributed by atoms with van der Waals surface area (Å²) in [6.45, 7) is 4.69. The molecule has 1 fully saturated rings. The number of tetrazole rings is 1. The molecule has 0 radical (unpaired) electrons. The van der Waals surface area contributed by atoms with Crippen LogP contribution >= 0.6 is 0 Å². The summed E-state index contributed by atoms with van der Waals surface area (Å²) < 4.78 is 3.21. The van der Waals surface area contributed by atoms with Gasteiger partial charge in [-0.2, -0.15) is 14.9 Å². The van der Waals surface area contributed by atoms with Gasteiger partial charge in [-0.1, -0.05) is 0 Å². The summed E-state index contributed by atoms with van der Waals surface area (Å²) in [7, 11) is 0. The first-order chi connectivity index (χ1) is 12.3. The number of aromatic amines is 1. The van der Waals surface area contributed by atoms with Crippen LogP contribution in [0.15, 0.2) is 25.0 Å². The number of amides is 1. The summed E-state index contributed by atoms with van der Waals surface area (Å²) in [5, 5.41) is 21.8. The molecule has 3 aromatic heterocycles. The van der Waals surface area contributed by atoms with Crippen molar-refractivity contribution in [2.45, 2.75) is 6.54 Å². The summed E-state index contributed by atoms with van der Waals surface area (Å²) in [6, 6.07) is 1.65. The molecule has 0 atom stereocenters. The fraction of sp³-hybridized carbons (Fsp3) is 0.462. The van der Waals surface area contributed by atoms with E-state index in [-0.39, 0.29) is 5.91 Å². The van der Waals surface area contributed by atoms with Crippen molar-refractivity contribution in [2.24, 2.45) is 0 Å². The zero-order valence-corrected chi connectivity index (χ0v) is 13.4. The number of carbonyl (C=O) groups is 1. The first-order valence-electron chi connectivity index (χ1n) is 7.92. The van der Waals surface area contributed by atoms with E-state index in [1.54, 1.807) is 12.4 Å². The summed E-state index contributed by atoms with van der Waals surface area (Å²) in [5.41, 5.74) is 0.432. The van der Waals surface area contributed by atoms with Crippen molar-refractivity contribution in [1.82, 2.24) is 55.0 Å². The van der Waals surface area contributed by atoms with Crippen molar-refractivity contribution >= 4 is 5.91 Å². The fourth-order valence-corrected chi connectivity index (χ4v) is 2.74. The van der Waals surface area contributed by atoms with Gasteiger partial charge in [0.05, 0.1) is 6.54 Å². The van der Waals surface area contributed by atoms with Crippen LogP contribution in [0.25, 0.3) is 5.82 Å². The molecule has 0 bridgehead atoms. The van der Waals surface area contributed by atoms with Crippen LogP contribution in [-0.4, -0.2) is 93.6 Å². The molecule has 12 nitrogen and oxygen atoms in total. The Bertz CT molecular complexity index is 801. The quantitative estimate of drug-likeness (QED) is 0.589. The minimum Gasteiger partial charge on any atom is -0.335 e. The molecule has 0 aliphatic carbocycles. The molecule has 4 rings (SSSR count). The highest BCUT2D eigenvalue weighted by Gasteiger charge is 2.23. The lowest BCUT2D eigenvalue weighted by Gasteiger charge is -2.34. The van der Waals surface area contributed by atoms with Crippen LogP contribution in [0.2, 0.25) is 0 Å². The Morgan fingerprint density at radius 1 is 1.16 bits per heavy atom. The van der Waals surface area contributed by atoms with Crippen LogP contribution in [0.4, 0.5) is 0 Å². The van der Waals surface area contributed by atoms with Crippen LogP contribution in [-0.2, 0) is 6.54 Å². The molecule has 1 aliphatic heterocycles. The molecule has 0 unspecified atom stereocenters. The van der Waals surface area contributed by atoms with Gasteiger partial charge in [-0.15, -0.1) is 5.10 Å². The third-order valence-electron chi connectivity index (χ3n) is 4.15. The Hall–Kier alpha value is -3.15. The zero-order chi connectivity index (χ0) is 17.1. The smallest absolute Gasteiger partial charge is 0.272 e. The Kier molecular flexibility index (Phi) is 4.16. The van der Waals surface area contributed by atoms with Gasteiger partial charge in [0, 0.05) is 38.8 Å². The first kappa shape index (κ1) is 15.4. The molecule has 1 aliphatic rings. The largest absolute Gasteiger partial charge is 0.335 e. The lowest BCUT2D eigenvalue weighted by molar-refractivity contribution is 0.0626. The highest BCUT2D eigenvalue weighted by molar-refractivity contribution is 5.92. The highest BCUT2D eigenvalue weighted by Crippen LogP contribution is 2.10. The maximum atomic E-state index is 12.6. The molecule has 0 spiro atoms. The Morgan fingerprint density at radius 3 is 2.76 bits per heavy atom. The molecule has 4 heterocycles. The number of nitrogens with one attached hydrogen (secondary N) is 1. The SMILES string of the molecule is O=C(c1cc(-n2cnnn2)n[nH]1)N1CCN(CCn2cncn2)CC1. The van der Waals surface area contributed by atoms with Gasteiger partial charge in [0.2, 0.25) is 0 Å². The van der Waals surface area contributed by atoms with E-state index in [1.165, 1.54) is 17.3 Å². The first-order valence-corrected chi connectivity index (χ1v) is 7.92. The molecular formula is C13H17N11O. The van der Waals surface area contributed by atoms with Crippen molar-refractivity contribution in [3.05, 3.63) is 30.7 Å². The zero-order valence-electron chi connectivity index (χ0n) is 13.4. The molecule has 1 amide bonds. The van der Waals surface area contributed by atoms with Crippen molar-refractivity contribution in [1.29, 1.82) is 0 Å². The van der Waals surface area contributed by atoms with Gasteiger partial charge < -0.3 is 4.90 Å². The minimum absolute atomic E-state index is 0.0669. The predicted molar refractivity (Wildman–Crippen MR) is 83.7 cm³/mol. The summed E-state index contributed by atoms with van der Waals surface area (Å²) in [4.78, 5) is 20.7. The molecule has 1 N–H and O–H groups in total. The standard InChI is InChI=1S/C13H17N11O/c25-13(11-7-12(18-17-11)24-10-15-19-20-24)22-4-1-21(2-5-22)3-6-23-9-14-8-16-23/h7-10H,1-6H2,(H,17,18). The van der Waals surface area contributed by atoms with E-state index < -0.39 is 0 Å². The second-order valence-electron chi connectivity index (χ2n) is 5.69. The molecule has 130 valence electrons.